The topological polar surface area (TPSA) is 34.0 Å². The molecule has 0 saturated heterocycles. The van der Waals surface area contributed by atoms with Crippen LogP contribution in [0, 0.1) is 6.92 Å². The molecule has 0 fully saturated rings. The van der Waals surface area contributed by atoms with Crippen LogP contribution in [-0.4, -0.2) is 17.0 Å². The minimum Gasteiger partial charge on any atom is -0.351 e. The molecule has 1 aromatic carbocycles. The van der Waals surface area contributed by atoms with E-state index in [0.29, 0.717) is 0 Å². The second-order valence-corrected chi connectivity index (χ2v) is 5.18. The molecule has 1 amide bonds. The Kier molecular flexibility index (Phi) is 4.48. The molecular weight excluding hydrogens is 248 g/mol. The largest absolute Gasteiger partial charge is 0.351 e. The van der Waals surface area contributed by atoms with Gasteiger partial charge in [-0.3, -0.25) is 4.79 Å². The third-order valence-electron chi connectivity index (χ3n) is 3.86. The maximum absolute atomic E-state index is 12.4. The monoisotopic (exact) mass is 272 g/mol. The second kappa shape index (κ2) is 6.12. The van der Waals surface area contributed by atoms with Gasteiger partial charge >= 0.3 is 0 Å². The fourth-order valence-electron chi connectivity index (χ4n) is 2.73. The van der Waals surface area contributed by atoms with E-state index in [1.165, 1.54) is 10.9 Å². The second-order valence-electron chi connectivity index (χ2n) is 5.18. The van der Waals surface area contributed by atoms with Crippen molar-refractivity contribution < 1.29 is 4.79 Å². The van der Waals surface area contributed by atoms with Crippen molar-refractivity contribution in [1.82, 2.24) is 9.88 Å². The summed E-state index contributed by atoms with van der Waals surface area (Å²) in [6, 6.07) is 6.51. The normalized spacial score (nSPS) is 11.0. The van der Waals surface area contributed by atoms with E-state index in [2.05, 4.69) is 55.8 Å². The van der Waals surface area contributed by atoms with Gasteiger partial charge in [-0.25, -0.2) is 0 Å². The van der Waals surface area contributed by atoms with Gasteiger partial charge in [0.15, 0.2) is 0 Å². The Morgan fingerprint density at radius 1 is 1.25 bits per heavy atom. The van der Waals surface area contributed by atoms with E-state index < -0.39 is 0 Å². The van der Waals surface area contributed by atoms with Crippen molar-refractivity contribution in [3.8, 4) is 0 Å². The highest BCUT2D eigenvalue weighted by Gasteiger charge is 2.19. The van der Waals surface area contributed by atoms with Gasteiger partial charge in [-0.05, 0) is 49.9 Å². The number of nitrogens with zero attached hydrogens (tertiary/aromatic N) is 1. The maximum Gasteiger partial charge on any atom is 0.268 e. The Morgan fingerprint density at radius 3 is 2.60 bits per heavy atom. The van der Waals surface area contributed by atoms with Crippen LogP contribution in [0.25, 0.3) is 10.9 Å². The number of carbonyl (C=O) groups is 1. The van der Waals surface area contributed by atoms with E-state index in [4.69, 9.17) is 0 Å². The number of hydrogen-bond donors (Lipinski definition) is 1. The third kappa shape index (κ3) is 2.45. The summed E-state index contributed by atoms with van der Waals surface area (Å²) in [6.45, 7) is 9.89. The first kappa shape index (κ1) is 14.6. The van der Waals surface area contributed by atoms with Gasteiger partial charge in [0, 0.05) is 24.0 Å². The van der Waals surface area contributed by atoms with Crippen molar-refractivity contribution in [3.63, 3.8) is 0 Å². The van der Waals surface area contributed by atoms with Crippen LogP contribution in [0.4, 0.5) is 0 Å². The molecule has 20 heavy (non-hydrogen) atoms. The number of benzene rings is 1. The van der Waals surface area contributed by atoms with Crippen LogP contribution in [0.2, 0.25) is 0 Å². The fraction of sp³-hybridized carbons (Fsp3) is 0.471. The van der Waals surface area contributed by atoms with Crippen LogP contribution >= 0.6 is 0 Å². The smallest absolute Gasteiger partial charge is 0.268 e. The van der Waals surface area contributed by atoms with E-state index in [1.54, 1.807) is 0 Å². The molecule has 0 unspecified atom stereocenters. The standard InChI is InChI=1S/C17H24N2O/c1-5-10-18-17(20)16-12(4)14-11-13(6-2)8-9-15(14)19(16)7-3/h8-9,11H,5-7,10H2,1-4H3,(H,18,20). The van der Waals surface area contributed by atoms with E-state index in [9.17, 15) is 4.79 Å². The van der Waals surface area contributed by atoms with Crippen molar-refractivity contribution in [1.29, 1.82) is 0 Å². The number of aromatic nitrogens is 1. The first-order valence-electron chi connectivity index (χ1n) is 7.53. The molecular formula is C17H24N2O. The number of aryl methyl sites for hydroxylation is 3. The van der Waals surface area contributed by atoms with Crippen molar-refractivity contribution in [2.75, 3.05) is 6.54 Å². The van der Waals surface area contributed by atoms with Gasteiger partial charge < -0.3 is 9.88 Å². The van der Waals surface area contributed by atoms with Crippen molar-refractivity contribution >= 4 is 16.8 Å². The van der Waals surface area contributed by atoms with E-state index in [-0.39, 0.29) is 5.91 Å². The predicted molar refractivity (Wildman–Crippen MR) is 84.4 cm³/mol. The number of fused-ring (bicyclic) bond motifs is 1. The van der Waals surface area contributed by atoms with E-state index in [0.717, 1.165) is 42.7 Å². The van der Waals surface area contributed by atoms with Crippen LogP contribution < -0.4 is 5.32 Å². The Morgan fingerprint density at radius 2 is 2.00 bits per heavy atom. The number of amides is 1. The molecule has 1 aromatic heterocycles. The summed E-state index contributed by atoms with van der Waals surface area (Å²) in [5, 5.41) is 4.20. The van der Waals surface area contributed by atoms with Crippen molar-refractivity contribution in [2.45, 2.75) is 47.1 Å². The Labute approximate surface area is 121 Å². The molecule has 0 aliphatic carbocycles. The number of hydrogen-bond acceptors (Lipinski definition) is 1. The zero-order valence-electron chi connectivity index (χ0n) is 12.9. The minimum atomic E-state index is 0.0421. The summed E-state index contributed by atoms with van der Waals surface area (Å²) in [4.78, 5) is 12.4. The molecule has 108 valence electrons. The minimum absolute atomic E-state index is 0.0421. The molecule has 0 bridgehead atoms. The molecule has 0 atom stereocenters. The van der Waals surface area contributed by atoms with Crippen molar-refractivity contribution in [2.24, 2.45) is 0 Å². The molecule has 0 saturated carbocycles. The summed E-state index contributed by atoms with van der Waals surface area (Å²) < 4.78 is 2.12. The van der Waals surface area contributed by atoms with Crippen LogP contribution in [0.1, 0.15) is 48.8 Å². The highest BCUT2D eigenvalue weighted by Crippen LogP contribution is 2.27. The van der Waals surface area contributed by atoms with Crippen LogP contribution in [0.15, 0.2) is 18.2 Å². The summed E-state index contributed by atoms with van der Waals surface area (Å²) in [7, 11) is 0. The van der Waals surface area contributed by atoms with Gasteiger partial charge in [0.25, 0.3) is 5.91 Å². The van der Waals surface area contributed by atoms with Gasteiger partial charge in [0.2, 0.25) is 0 Å². The lowest BCUT2D eigenvalue weighted by Gasteiger charge is -2.09. The molecule has 0 radical (unpaired) electrons. The molecule has 0 aliphatic heterocycles. The van der Waals surface area contributed by atoms with Gasteiger partial charge in [-0.2, -0.15) is 0 Å². The van der Waals surface area contributed by atoms with Crippen LogP contribution in [0.5, 0.6) is 0 Å². The zero-order valence-corrected chi connectivity index (χ0v) is 12.9. The number of rotatable bonds is 5. The number of carbonyl (C=O) groups excluding carboxylic acids is 1. The lowest BCUT2D eigenvalue weighted by molar-refractivity contribution is 0.0944. The number of nitrogens with one attached hydrogen (secondary N) is 1. The van der Waals surface area contributed by atoms with Gasteiger partial charge in [-0.15, -0.1) is 0 Å². The first-order valence-corrected chi connectivity index (χ1v) is 7.53. The molecule has 3 nitrogen and oxygen atoms in total. The average Bonchev–Trinajstić information content (AvgIpc) is 2.76. The average molecular weight is 272 g/mol. The molecule has 1 heterocycles. The SMILES string of the molecule is CCCNC(=O)c1c(C)c2cc(CC)ccc2n1CC. The van der Waals surface area contributed by atoms with Gasteiger partial charge in [0.05, 0.1) is 0 Å². The quantitative estimate of drug-likeness (QED) is 0.885. The molecule has 2 rings (SSSR count). The Hall–Kier alpha value is -1.77. The summed E-state index contributed by atoms with van der Waals surface area (Å²) in [5.74, 6) is 0.0421. The lowest BCUT2D eigenvalue weighted by atomic mass is 10.1. The molecule has 3 heteroatoms. The third-order valence-corrected chi connectivity index (χ3v) is 3.86. The predicted octanol–water partition coefficient (Wildman–Crippen LogP) is 3.67. The van der Waals surface area contributed by atoms with Crippen LogP contribution in [-0.2, 0) is 13.0 Å². The fourth-order valence-corrected chi connectivity index (χ4v) is 2.73. The summed E-state index contributed by atoms with van der Waals surface area (Å²) in [6.07, 6.45) is 1.97. The Balaban J connectivity index is 2.58. The zero-order chi connectivity index (χ0) is 14.7. The van der Waals surface area contributed by atoms with E-state index >= 15 is 0 Å². The Bertz CT molecular complexity index is 625. The highest BCUT2D eigenvalue weighted by molar-refractivity contribution is 6.01. The highest BCUT2D eigenvalue weighted by atomic mass is 16.1. The summed E-state index contributed by atoms with van der Waals surface area (Å²) >= 11 is 0. The maximum atomic E-state index is 12.4. The van der Waals surface area contributed by atoms with Crippen LogP contribution in [0.3, 0.4) is 0 Å². The molecule has 0 aliphatic rings. The molecule has 1 N–H and O–H groups in total. The van der Waals surface area contributed by atoms with Gasteiger partial charge in [0.1, 0.15) is 5.69 Å². The van der Waals surface area contributed by atoms with Crippen molar-refractivity contribution in [3.05, 3.63) is 35.0 Å². The van der Waals surface area contributed by atoms with E-state index in [1.807, 2.05) is 0 Å². The lowest BCUT2D eigenvalue weighted by Crippen LogP contribution is -2.27. The summed E-state index contributed by atoms with van der Waals surface area (Å²) in [5.41, 5.74) is 4.37. The first-order chi connectivity index (χ1) is 9.63. The molecule has 0 spiro atoms. The van der Waals surface area contributed by atoms with Gasteiger partial charge in [-0.1, -0.05) is 19.9 Å². The molecule has 2 aromatic rings.